The van der Waals surface area contributed by atoms with Gasteiger partial charge in [0.15, 0.2) is 0 Å². The number of nitro benzene ring substituents is 1. The van der Waals surface area contributed by atoms with E-state index in [1.54, 1.807) is 12.1 Å². The van der Waals surface area contributed by atoms with Gasteiger partial charge in [0, 0.05) is 23.2 Å². The van der Waals surface area contributed by atoms with Crippen molar-refractivity contribution in [3.05, 3.63) is 34.4 Å². The Morgan fingerprint density at radius 3 is 2.45 bits per heavy atom. The molecule has 0 aliphatic rings. The van der Waals surface area contributed by atoms with Crippen molar-refractivity contribution < 1.29 is 9.82 Å². The minimum atomic E-state index is -2.65. The van der Waals surface area contributed by atoms with E-state index in [4.69, 9.17) is 11.8 Å². The summed E-state index contributed by atoms with van der Waals surface area (Å²) in [6.45, 7) is 4.27. The van der Waals surface area contributed by atoms with Gasteiger partial charge in [0.1, 0.15) is 5.47 Å². The summed E-state index contributed by atoms with van der Waals surface area (Å²) in [7, 11) is 0. The molecule has 0 saturated carbocycles. The molecule has 0 aliphatic heterocycles. The van der Waals surface area contributed by atoms with Crippen LogP contribution in [-0.4, -0.2) is 15.6 Å². The second kappa shape index (κ2) is 9.00. The van der Waals surface area contributed by atoms with Crippen LogP contribution in [0.15, 0.2) is 24.3 Å². The van der Waals surface area contributed by atoms with Gasteiger partial charge in [-0.1, -0.05) is 49.9 Å². The SMILES string of the molecule is CCCC(C)CSP(O)(=S)c1ccc([N+](=O)[O-])cc1.Cl. The first kappa shape index (κ1) is 19.9. The van der Waals surface area contributed by atoms with E-state index >= 15 is 0 Å². The van der Waals surface area contributed by atoms with Gasteiger partial charge in [0.25, 0.3) is 5.69 Å². The molecular formula is C12H19ClNO3PS2. The van der Waals surface area contributed by atoms with E-state index in [1.165, 1.54) is 23.5 Å². The van der Waals surface area contributed by atoms with Gasteiger partial charge in [-0.05, 0) is 18.1 Å². The van der Waals surface area contributed by atoms with E-state index in [-0.39, 0.29) is 18.1 Å². The molecule has 8 heteroatoms. The van der Waals surface area contributed by atoms with Crippen LogP contribution < -0.4 is 5.30 Å². The highest BCUT2D eigenvalue weighted by Gasteiger charge is 2.19. The van der Waals surface area contributed by atoms with Gasteiger partial charge in [0.2, 0.25) is 0 Å². The third kappa shape index (κ3) is 6.10. The Hall–Kier alpha value is -0.130. The molecule has 2 unspecified atom stereocenters. The molecule has 1 N–H and O–H groups in total. The molecule has 0 spiro atoms. The standard InChI is InChI=1S/C12H18NO3PS2.ClH/c1-3-4-10(2)9-19-17(16,18)12-7-5-11(6-8-12)13(14)15;/h5-8,10H,3-4,9H2,1-2H3,(H,16,18);1H. The molecule has 4 nitrogen and oxygen atoms in total. The van der Waals surface area contributed by atoms with Crippen molar-refractivity contribution in [2.75, 3.05) is 5.75 Å². The first-order valence-corrected chi connectivity index (χ1v) is 10.4. The monoisotopic (exact) mass is 355 g/mol. The van der Waals surface area contributed by atoms with Crippen LogP contribution in [0.3, 0.4) is 0 Å². The summed E-state index contributed by atoms with van der Waals surface area (Å²) in [5.74, 6) is 1.33. The summed E-state index contributed by atoms with van der Waals surface area (Å²) in [5, 5.41) is 11.2. The topological polar surface area (TPSA) is 63.4 Å². The maximum atomic E-state index is 10.6. The summed E-state index contributed by atoms with van der Waals surface area (Å²) in [6.07, 6.45) is 2.23. The minimum Gasteiger partial charge on any atom is -0.354 e. The zero-order chi connectivity index (χ0) is 14.5. The van der Waals surface area contributed by atoms with E-state index in [9.17, 15) is 15.0 Å². The number of benzene rings is 1. The molecule has 114 valence electrons. The van der Waals surface area contributed by atoms with Crippen molar-refractivity contribution in [2.45, 2.75) is 26.7 Å². The fourth-order valence-corrected chi connectivity index (χ4v) is 6.03. The number of halogens is 1. The molecule has 0 aliphatic carbocycles. The molecule has 2 atom stereocenters. The maximum Gasteiger partial charge on any atom is 0.269 e. The van der Waals surface area contributed by atoms with Crippen molar-refractivity contribution >= 4 is 52.1 Å². The molecule has 1 aromatic carbocycles. The van der Waals surface area contributed by atoms with E-state index in [2.05, 4.69) is 13.8 Å². The highest BCUT2D eigenvalue weighted by Crippen LogP contribution is 2.54. The molecule has 1 aromatic rings. The molecule has 0 amide bonds. The summed E-state index contributed by atoms with van der Waals surface area (Å²) < 4.78 is 0. The molecule has 0 fully saturated rings. The van der Waals surface area contributed by atoms with Crippen LogP contribution in [0.5, 0.6) is 0 Å². The van der Waals surface area contributed by atoms with Crippen molar-refractivity contribution in [1.82, 2.24) is 0 Å². The summed E-state index contributed by atoms with van der Waals surface area (Å²) in [5.41, 5.74) is -2.63. The fraction of sp³-hybridized carbons (Fsp3) is 0.500. The predicted octanol–water partition coefficient (Wildman–Crippen LogP) is 4.11. The molecule has 20 heavy (non-hydrogen) atoms. The van der Waals surface area contributed by atoms with E-state index in [0.29, 0.717) is 11.2 Å². The Morgan fingerprint density at radius 2 is 2.00 bits per heavy atom. The van der Waals surface area contributed by atoms with Gasteiger partial charge in [0.05, 0.1) is 4.92 Å². The largest absolute Gasteiger partial charge is 0.354 e. The third-order valence-electron chi connectivity index (χ3n) is 2.70. The quantitative estimate of drug-likeness (QED) is 0.453. The highest BCUT2D eigenvalue weighted by atomic mass is 35.5. The molecule has 0 saturated heterocycles. The minimum absolute atomic E-state index is 0. The lowest BCUT2D eigenvalue weighted by Gasteiger charge is -2.17. The molecule has 1 rings (SSSR count). The van der Waals surface area contributed by atoms with Gasteiger partial charge in [-0.2, -0.15) is 0 Å². The lowest BCUT2D eigenvalue weighted by atomic mass is 10.1. The van der Waals surface area contributed by atoms with Gasteiger partial charge in [-0.15, -0.1) is 12.4 Å². The van der Waals surface area contributed by atoms with Gasteiger partial charge >= 0.3 is 0 Å². The zero-order valence-corrected chi connectivity index (χ0v) is 14.7. The predicted molar refractivity (Wildman–Crippen MR) is 93.0 cm³/mol. The first-order chi connectivity index (χ1) is 8.86. The van der Waals surface area contributed by atoms with Crippen LogP contribution in [0.1, 0.15) is 26.7 Å². The van der Waals surface area contributed by atoms with Crippen LogP contribution in [0.4, 0.5) is 5.69 Å². The number of non-ortho nitro benzene ring substituents is 1. The van der Waals surface area contributed by atoms with E-state index < -0.39 is 10.4 Å². The van der Waals surface area contributed by atoms with Crippen LogP contribution in [0, 0.1) is 16.0 Å². The van der Waals surface area contributed by atoms with Gasteiger partial charge < -0.3 is 4.89 Å². The Bertz CT molecular complexity index is 484. The summed E-state index contributed by atoms with van der Waals surface area (Å²) in [6, 6.07) is 5.91. The molecular weight excluding hydrogens is 337 g/mol. The number of rotatable bonds is 7. The Labute approximate surface area is 134 Å². The van der Waals surface area contributed by atoms with Crippen LogP contribution in [0.2, 0.25) is 0 Å². The summed E-state index contributed by atoms with van der Waals surface area (Å²) in [4.78, 5) is 20.5. The van der Waals surface area contributed by atoms with Crippen LogP contribution in [0.25, 0.3) is 0 Å². The van der Waals surface area contributed by atoms with Crippen molar-refractivity contribution in [1.29, 1.82) is 0 Å². The van der Waals surface area contributed by atoms with Crippen molar-refractivity contribution in [3.8, 4) is 0 Å². The van der Waals surface area contributed by atoms with E-state index in [1.807, 2.05) is 0 Å². The lowest BCUT2D eigenvalue weighted by Crippen LogP contribution is -2.04. The van der Waals surface area contributed by atoms with Crippen LogP contribution >= 0.6 is 29.3 Å². The maximum absolute atomic E-state index is 10.6. The number of hydrogen-bond acceptors (Lipinski definition) is 4. The van der Waals surface area contributed by atoms with Gasteiger partial charge in [-0.3, -0.25) is 10.1 Å². The fourth-order valence-electron chi connectivity index (χ4n) is 1.64. The molecule has 0 bridgehead atoms. The molecule has 0 heterocycles. The molecule has 0 radical (unpaired) electrons. The number of nitro groups is 1. The normalized spacial score (nSPS) is 14.9. The summed E-state index contributed by atoms with van der Waals surface area (Å²) >= 11 is 6.69. The average molecular weight is 356 g/mol. The third-order valence-corrected chi connectivity index (χ3v) is 8.43. The zero-order valence-electron chi connectivity index (χ0n) is 11.4. The Morgan fingerprint density at radius 1 is 1.45 bits per heavy atom. The van der Waals surface area contributed by atoms with Crippen LogP contribution in [-0.2, 0) is 11.8 Å². The van der Waals surface area contributed by atoms with Gasteiger partial charge in [-0.25, -0.2) is 0 Å². The average Bonchev–Trinajstić information content (AvgIpc) is 2.37. The van der Waals surface area contributed by atoms with Crippen molar-refractivity contribution in [3.63, 3.8) is 0 Å². The first-order valence-electron chi connectivity index (χ1n) is 6.09. The molecule has 0 aromatic heterocycles. The lowest BCUT2D eigenvalue weighted by molar-refractivity contribution is -0.384. The number of nitrogens with zero attached hydrogens (tertiary/aromatic N) is 1. The smallest absolute Gasteiger partial charge is 0.269 e. The second-order valence-electron chi connectivity index (χ2n) is 4.48. The Kier molecular flexibility index (Phi) is 8.95. The highest BCUT2D eigenvalue weighted by molar-refractivity contribution is 8.71. The Balaban J connectivity index is 0.00000361. The van der Waals surface area contributed by atoms with Crippen molar-refractivity contribution in [2.24, 2.45) is 5.92 Å². The second-order valence-corrected chi connectivity index (χ2v) is 11.3. The number of hydrogen-bond donors (Lipinski definition) is 1. The van der Waals surface area contributed by atoms with E-state index in [0.717, 1.165) is 18.6 Å².